The summed E-state index contributed by atoms with van der Waals surface area (Å²) in [5.74, 6) is 1.57. The normalized spacial score (nSPS) is 14.8. The number of fused-ring (bicyclic) bond motifs is 1. The molecular weight excluding hydrogens is 454 g/mol. The summed E-state index contributed by atoms with van der Waals surface area (Å²) in [6.07, 6.45) is 4.76. The highest BCUT2D eigenvalue weighted by atomic mass is 32.2. The number of thioether (sulfide) groups is 1. The second kappa shape index (κ2) is 9.30. The van der Waals surface area contributed by atoms with Crippen molar-refractivity contribution in [3.05, 3.63) is 75.1 Å². The van der Waals surface area contributed by atoms with Crippen molar-refractivity contribution < 1.29 is 4.42 Å². The zero-order valence-electron chi connectivity index (χ0n) is 21.2. The summed E-state index contributed by atoms with van der Waals surface area (Å²) in [6.45, 7) is 10.7. The molecule has 35 heavy (non-hydrogen) atoms. The van der Waals surface area contributed by atoms with Crippen molar-refractivity contribution in [3.8, 4) is 11.4 Å². The Morgan fingerprint density at radius 3 is 2.43 bits per heavy atom. The first kappa shape index (κ1) is 23.9. The van der Waals surface area contributed by atoms with Crippen LogP contribution in [0.3, 0.4) is 0 Å². The van der Waals surface area contributed by atoms with E-state index in [0.29, 0.717) is 17.4 Å². The second-order valence-electron chi connectivity index (χ2n) is 10.7. The number of aryl methyl sites for hydroxylation is 2. The summed E-state index contributed by atoms with van der Waals surface area (Å²) in [5.41, 5.74) is 6.00. The van der Waals surface area contributed by atoms with E-state index in [9.17, 15) is 4.79 Å². The molecule has 5 nitrogen and oxygen atoms in total. The Balaban J connectivity index is 1.50. The molecule has 0 bridgehead atoms. The second-order valence-corrected chi connectivity index (χ2v) is 11.6. The lowest BCUT2D eigenvalue weighted by atomic mass is 9.86. The van der Waals surface area contributed by atoms with Crippen LogP contribution in [0, 0.1) is 13.8 Å². The molecule has 0 atom stereocenters. The zero-order valence-corrected chi connectivity index (χ0v) is 22.0. The zero-order chi connectivity index (χ0) is 24.7. The first-order valence-corrected chi connectivity index (χ1v) is 13.4. The number of aromatic nitrogens is 3. The van der Waals surface area contributed by atoms with Crippen LogP contribution >= 0.6 is 11.8 Å². The third-order valence-corrected chi connectivity index (χ3v) is 8.23. The van der Waals surface area contributed by atoms with Gasteiger partial charge in [-0.05, 0) is 54.4 Å². The fourth-order valence-corrected chi connectivity index (χ4v) is 5.97. The molecule has 1 aliphatic carbocycles. The van der Waals surface area contributed by atoms with Crippen LogP contribution in [0.5, 0.6) is 0 Å². The van der Waals surface area contributed by atoms with Gasteiger partial charge in [0.05, 0.1) is 0 Å². The molecule has 1 saturated carbocycles. The van der Waals surface area contributed by atoms with E-state index in [2.05, 4.69) is 71.9 Å². The van der Waals surface area contributed by atoms with Gasteiger partial charge in [0.25, 0.3) is 0 Å². The van der Waals surface area contributed by atoms with Gasteiger partial charge in [0, 0.05) is 28.8 Å². The molecule has 5 rings (SSSR count). The van der Waals surface area contributed by atoms with Crippen molar-refractivity contribution in [2.45, 2.75) is 82.7 Å². The monoisotopic (exact) mass is 487 g/mol. The van der Waals surface area contributed by atoms with E-state index in [4.69, 9.17) is 4.42 Å². The predicted molar refractivity (Wildman–Crippen MR) is 143 cm³/mol. The number of hydrogen-bond acceptors (Lipinski definition) is 5. The standard InChI is InChI=1S/C29H33N3O2S/c1-18-10-15-24-21(16-25(33)34-26(24)19(18)2)17-35-28-31-30-27(32(28)23-8-6-7-9-23)20-11-13-22(14-12-20)29(3,4)5/h10-16,23H,6-9,17H2,1-5H3. The Kier molecular flexibility index (Phi) is 6.34. The Hall–Kier alpha value is -2.86. The number of hydrogen-bond donors (Lipinski definition) is 0. The van der Waals surface area contributed by atoms with Crippen molar-refractivity contribution in [1.82, 2.24) is 14.8 Å². The average molecular weight is 488 g/mol. The summed E-state index contributed by atoms with van der Waals surface area (Å²) in [5, 5.41) is 11.2. The van der Waals surface area contributed by atoms with Gasteiger partial charge in [-0.2, -0.15) is 0 Å². The van der Waals surface area contributed by atoms with Gasteiger partial charge in [0.2, 0.25) is 0 Å². The third-order valence-electron chi connectivity index (χ3n) is 7.24. The van der Waals surface area contributed by atoms with E-state index in [1.807, 2.05) is 13.8 Å². The molecule has 0 N–H and O–H groups in total. The van der Waals surface area contributed by atoms with Crippen molar-refractivity contribution in [2.75, 3.05) is 0 Å². The van der Waals surface area contributed by atoms with Crippen LogP contribution in [0.15, 0.2) is 56.8 Å². The maximum Gasteiger partial charge on any atom is 0.336 e. The Bertz CT molecular complexity index is 1420. The number of nitrogens with zero attached hydrogens (tertiary/aromatic N) is 3. The van der Waals surface area contributed by atoms with Gasteiger partial charge in [0.15, 0.2) is 11.0 Å². The molecule has 4 aromatic rings. The minimum Gasteiger partial charge on any atom is -0.422 e. The summed E-state index contributed by atoms with van der Waals surface area (Å²) in [4.78, 5) is 12.3. The summed E-state index contributed by atoms with van der Waals surface area (Å²) >= 11 is 1.65. The molecule has 0 radical (unpaired) electrons. The molecule has 0 saturated heterocycles. The van der Waals surface area contributed by atoms with Gasteiger partial charge < -0.3 is 4.42 Å². The van der Waals surface area contributed by atoms with Crippen LogP contribution in [0.25, 0.3) is 22.4 Å². The van der Waals surface area contributed by atoms with Crippen LogP contribution in [0.4, 0.5) is 0 Å². The highest BCUT2D eigenvalue weighted by Gasteiger charge is 2.25. The molecule has 1 fully saturated rings. The lowest BCUT2D eigenvalue weighted by Crippen LogP contribution is -2.11. The van der Waals surface area contributed by atoms with Crippen LogP contribution in [0.1, 0.15) is 74.8 Å². The fourth-order valence-electron chi connectivity index (χ4n) is 4.97. The summed E-state index contributed by atoms with van der Waals surface area (Å²) < 4.78 is 7.91. The summed E-state index contributed by atoms with van der Waals surface area (Å²) in [6, 6.07) is 14.9. The van der Waals surface area contributed by atoms with Gasteiger partial charge in [-0.15, -0.1) is 10.2 Å². The first-order chi connectivity index (χ1) is 16.7. The first-order valence-electron chi connectivity index (χ1n) is 12.4. The predicted octanol–water partition coefficient (Wildman–Crippen LogP) is 7.37. The van der Waals surface area contributed by atoms with Gasteiger partial charge in [0.1, 0.15) is 5.58 Å². The SMILES string of the molecule is Cc1ccc2c(CSc3nnc(-c4ccc(C(C)(C)C)cc4)n3C3CCCC3)cc(=O)oc2c1C. The Morgan fingerprint density at radius 2 is 1.74 bits per heavy atom. The third kappa shape index (κ3) is 4.68. The maximum atomic E-state index is 12.3. The molecule has 0 unspecified atom stereocenters. The molecule has 2 aromatic carbocycles. The molecule has 2 aromatic heterocycles. The van der Waals surface area contributed by atoms with E-state index < -0.39 is 0 Å². The van der Waals surface area contributed by atoms with Crippen LogP contribution in [0.2, 0.25) is 0 Å². The smallest absolute Gasteiger partial charge is 0.336 e. The molecule has 2 heterocycles. The topological polar surface area (TPSA) is 60.9 Å². The molecule has 0 amide bonds. The van der Waals surface area contributed by atoms with E-state index >= 15 is 0 Å². The van der Waals surface area contributed by atoms with E-state index in [1.54, 1.807) is 17.8 Å². The summed E-state index contributed by atoms with van der Waals surface area (Å²) in [7, 11) is 0. The number of rotatable bonds is 5. The molecular formula is C29H33N3O2S. The maximum absolute atomic E-state index is 12.3. The van der Waals surface area contributed by atoms with E-state index in [1.165, 1.54) is 18.4 Å². The molecule has 0 aliphatic heterocycles. The lowest BCUT2D eigenvalue weighted by Gasteiger charge is -2.20. The largest absolute Gasteiger partial charge is 0.422 e. The lowest BCUT2D eigenvalue weighted by molar-refractivity contribution is 0.485. The van der Waals surface area contributed by atoms with Crippen molar-refractivity contribution in [1.29, 1.82) is 0 Å². The molecule has 182 valence electrons. The van der Waals surface area contributed by atoms with E-state index in [0.717, 1.165) is 51.5 Å². The van der Waals surface area contributed by atoms with Crippen molar-refractivity contribution in [2.24, 2.45) is 0 Å². The van der Waals surface area contributed by atoms with Crippen LogP contribution in [-0.4, -0.2) is 14.8 Å². The van der Waals surface area contributed by atoms with Gasteiger partial charge in [-0.1, -0.05) is 81.8 Å². The van der Waals surface area contributed by atoms with Crippen LogP contribution < -0.4 is 5.63 Å². The van der Waals surface area contributed by atoms with Gasteiger partial charge in [-0.25, -0.2) is 4.79 Å². The molecule has 0 spiro atoms. The van der Waals surface area contributed by atoms with Crippen molar-refractivity contribution in [3.63, 3.8) is 0 Å². The average Bonchev–Trinajstić information content (AvgIpc) is 3.49. The van der Waals surface area contributed by atoms with Gasteiger partial charge in [-0.3, -0.25) is 4.57 Å². The highest BCUT2D eigenvalue weighted by Crippen LogP contribution is 2.38. The van der Waals surface area contributed by atoms with Crippen molar-refractivity contribution >= 4 is 22.7 Å². The molecule has 1 aliphatic rings. The Morgan fingerprint density at radius 1 is 1.03 bits per heavy atom. The van der Waals surface area contributed by atoms with Gasteiger partial charge >= 0.3 is 5.63 Å². The minimum absolute atomic E-state index is 0.112. The highest BCUT2D eigenvalue weighted by molar-refractivity contribution is 7.98. The van der Waals surface area contributed by atoms with E-state index in [-0.39, 0.29) is 11.0 Å². The fraction of sp³-hybridized carbons (Fsp3) is 0.414. The Labute approximate surface area is 211 Å². The minimum atomic E-state index is -0.307. The van der Waals surface area contributed by atoms with Crippen LogP contribution in [-0.2, 0) is 11.2 Å². The number of benzene rings is 2. The molecule has 6 heteroatoms. The quantitative estimate of drug-likeness (QED) is 0.217.